The molecule has 0 aromatic rings. The number of hydrogen-bond donors (Lipinski definition) is 0. The predicted octanol–water partition coefficient (Wildman–Crippen LogP) is -0.0122. The largest absolute Gasteiger partial charge is 3.00 e. The third kappa shape index (κ3) is 18.9. The van der Waals surface area contributed by atoms with Crippen molar-refractivity contribution in [2.24, 2.45) is 0 Å². The van der Waals surface area contributed by atoms with Gasteiger partial charge in [0, 0.05) is 0 Å². The summed E-state index contributed by atoms with van der Waals surface area (Å²) in [5.41, 5.74) is 0. The van der Waals surface area contributed by atoms with Crippen molar-refractivity contribution in [2.75, 3.05) is 0 Å². The van der Waals surface area contributed by atoms with Crippen molar-refractivity contribution in [2.45, 2.75) is 0 Å². The first-order chi connectivity index (χ1) is 0. The zero-order chi connectivity index (χ0) is 0. The van der Waals surface area contributed by atoms with Gasteiger partial charge in [0.05, 0.1) is 0 Å². The Morgan fingerprint density at radius 2 is 0.400 bits per heavy atom. The first-order valence-electron chi connectivity index (χ1n) is 0. The molecule has 0 aliphatic carbocycles. The molecule has 24 valence electrons. The molecule has 0 amide bonds. The van der Waals surface area contributed by atoms with E-state index in [2.05, 4.69) is 0 Å². The molecule has 5 heteroatoms. The SMILES string of the molecule is [S-2].[S-2].[S-2].[Y+3].[Y+3]. The fraction of sp³-hybridized carbons (Fsp3) is 0. The van der Waals surface area contributed by atoms with E-state index >= 15 is 0 Å². The smallest absolute Gasteiger partial charge is 2.00 e. The summed E-state index contributed by atoms with van der Waals surface area (Å²) < 4.78 is 0. The van der Waals surface area contributed by atoms with E-state index in [1.54, 1.807) is 0 Å². The van der Waals surface area contributed by atoms with E-state index in [0.29, 0.717) is 0 Å². The molecule has 0 radical (unpaired) electrons. The van der Waals surface area contributed by atoms with E-state index in [1.165, 1.54) is 0 Å². The van der Waals surface area contributed by atoms with Crippen LogP contribution in [0.25, 0.3) is 0 Å². The minimum Gasteiger partial charge on any atom is -2.00 e. The van der Waals surface area contributed by atoms with E-state index in [9.17, 15) is 0 Å². The van der Waals surface area contributed by atoms with Crippen molar-refractivity contribution in [3.05, 3.63) is 0 Å². The van der Waals surface area contributed by atoms with Gasteiger partial charge in [-0.05, 0) is 0 Å². The van der Waals surface area contributed by atoms with Gasteiger partial charge in [-0.15, -0.1) is 0 Å². The molecule has 0 aromatic carbocycles. The first-order valence-corrected chi connectivity index (χ1v) is 0. The van der Waals surface area contributed by atoms with Crippen LogP contribution in [0.2, 0.25) is 0 Å². The Hall–Kier alpha value is 3.26. The third-order valence-electron chi connectivity index (χ3n) is 0. The molecule has 0 saturated carbocycles. The molecule has 0 unspecified atom stereocenters. The van der Waals surface area contributed by atoms with Gasteiger partial charge in [-0.25, -0.2) is 0 Å². The van der Waals surface area contributed by atoms with Crippen LogP contribution >= 0.6 is 0 Å². The Labute approximate surface area is 104 Å². The number of rotatable bonds is 0. The van der Waals surface area contributed by atoms with Crippen molar-refractivity contribution in [1.29, 1.82) is 0 Å². The molecule has 0 atom stereocenters. The second-order valence-corrected chi connectivity index (χ2v) is 0. The monoisotopic (exact) mass is 274 g/mol. The van der Waals surface area contributed by atoms with E-state index in [4.69, 9.17) is 0 Å². The van der Waals surface area contributed by atoms with Crippen LogP contribution in [0.4, 0.5) is 0 Å². The topological polar surface area (TPSA) is 0 Å². The summed E-state index contributed by atoms with van der Waals surface area (Å²) in [6.45, 7) is 0. The van der Waals surface area contributed by atoms with E-state index in [1.807, 2.05) is 0 Å². The first kappa shape index (κ1) is 41.0. The van der Waals surface area contributed by atoms with E-state index in [-0.39, 0.29) is 106 Å². The van der Waals surface area contributed by atoms with Crippen molar-refractivity contribution >= 4 is 40.5 Å². The van der Waals surface area contributed by atoms with E-state index < -0.39 is 0 Å². The van der Waals surface area contributed by atoms with Crippen LogP contribution in [0.3, 0.4) is 0 Å². The average Bonchev–Trinajstić information content (AvgIpc) is 0. The molecule has 0 aromatic heterocycles. The van der Waals surface area contributed by atoms with Gasteiger partial charge in [0.2, 0.25) is 0 Å². The molecule has 0 rings (SSSR count). The summed E-state index contributed by atoms with van der Waals surface area (Å²) >= 11 is 0. The van der Waals surface area contributed by atoms with Crippen LogP contribution in [-0.2, 0) is 106 Å². The molecular formula is S3Y2. The van der Waals surface area contributed by atoms with Crippen LogP contribution < -0.4 is 0 Å². The van der Waals surface area contributed by atoms with Gasteiger partial charge in [-0.1, -0.05) is 0 Å². The summed E-state index contributed by atoms with van der Waals surface area (Å²) in [4.78, 5) is 0. The fourth-order valence-corrected chi connectivity index (χ4v) is 0. The summed E-state index contributed by atoms with van der Waals surface area (Å²) in [6, 6.07) is 0. The Bertz CT molecular complexity index is 4.85. The molecular weight excluding hydrogens is 274 g/mol. The molecule has 0 fully saturated rings. The number of hydrogen-bond acceptors (Lipinski definition) is 0. The zero-order valence-corrected chi connectivity index (χ0v) is 10.5. The van der Waals surface area contributed by atoms with Gasteiger partial charge in [-0.2, -0.15) is 0 Å². The molecule has 0 heterocycles. The normalized spacial score (nSPS) is 0. The van der Waals surface area contributed by atoms with Crippen molar-refractivity contribution in [3.63, 3.8) is 0 Å². The summed E-state index contributed by atoms with van der Waals surface area (Å²) in [5.74, 6) is 0. The van der Waals surface area contributed by atoms with Crippen molar-refractivity contribution in [3.8, 4) is 0 Å². The summed E-state index contributed by atoms with van der Waals surface area (Å²) in [5, 5.41) is 0. The average molecular weight is 274 g/mol. The maximum absolute atomic E-state index is 0. The predicted molar refractivity (Wildman–Crippen MR) is 22.1 cm³/mol. The Kier molecular flexibility index (Phi) is 220. The van der Waals surface area contributed by atoms with Crippen molar-refractivity contribution < 1.29 is 65.4 Å². The minimum atomic E-state index is 0. The maximum Gasteiger partial charge on any atom is 3.00 e. The van der Waals surface area contributed by atoms with Crippen LogP contribution in [-0.4, -0.2) is 0 Å². The third-order valence-corrected chi connectivity index (χ3v) is 0. The molecule has 0 bridgehead atoms. The second kappa shape index (κ2) is 26.8. The van der Waals surface area contributed by atoms with Gasteiger partial charge >= 0.3 is 65.4 Å². The molecule has 0 aliphatic heterocycles. The second-order valence-electron chi connectivity index (χ2n) is 0. The molecule has 5 heavy (non-hydrogen) atoms. The fourth-order valence-electron chi connectivity index (χ4n) is 0. The van der Waals surface area contributed by atoms with Gasteiger partial charge in [-0.3, -0.25) is 0 Å². The van der Waals surface area contributed by atoms with E-state index in [0.717, 1.165) is 0 Å². The summed E-state index contributed by atoms with van der Waals surface area (Å²) in [7, 11) is 0. The minimum absolute atomic E-state index is 0. The Balaban J connectivity index is 0. The van der Waals surface area contributed by atoms with Crippen molar-refractivity contribution in [1.82, 2.24) is 0 Å². The molecule has 0 N–H and O–H groups in total. The molecule has 0 saturated heterocycles. The van der Waals surface area contributed by atoms with Crippen LogP contribution in [0.1, 0.15) is 0 Å². The zero-order valence-electron chi connectivity index (χ0n) is 2.38. The molecule has 0 spiro atoms. The quantitative estimate of drug-likeness (QED) is 0.583. The summed E-state index contributed by atoms with van der Waals surface area (Å²) in [6.07, 6.45) is 0. The molecule has 0 nitrogen and oxygen atoms in total. The van der Waals surface area contributed by atoms with Gasteiger partial charge < -0.3 is 40.5 Å². The van der Waals surface area contributed by atoms with Gasteiger partial charge in [0.1, 0.15) is 0 Å². The molecule has 0 aliphatic rings. The Morgan fingerprint density at radius 3 is 0.400 bits per heavy atom. The standard InChI is InChI=1S/3S.2Y/q3*-2;2*+3. The van der Waals surface area contributed by atoms with Gasteiger partial charge in [0.15, 0.2) is 0 Å². The maximum atomic E-state index is 0. The van der Waals surface area contributed by atoms with Crippen LogP contribution in [0, 0.1) is 0 Å². The van der Waals surface area contributed by atoms with Crippen LogP contribution in [0.15, 0.2) is 0 Å². The Morgan fingerprint density at radius 1 is 0.400 bits per heavy atom. The van der Waals surface area contributed by atoms with Crippen LogP contribution in [0.5, 0.6) is 0 Å². The van der Waals surface area contributed by atoms with Gasteiger partial charge in [0.25, 0.3) is 0 Å².